The Balaban J connectivity index is 1.37. The summed E-state index contributed by atoms with van der Waals surface area (Å²) in [5.41, 5.74) is -0.124. The Morgan fingerprint density at radius 3 is 2.62 bits per heavy atom. The maximum absolute atomic E-state index is 13.1. The fraction of sp³-hybridized carbons (Fsp3) is 0.708. The molecule has 216 valence electrons. The first-order valence-electron chi connectivity index (χ1n) is 13.0. The minimum Gasteiger partial charge on any atom is -0.477 e. The van der Waals surface area contributed by atoms with Gasteiger partial charge in [0.25, 0.3) is 5.91 Å². The van der Waals surface area contributed by atoms with E-state index < -0.39 is 48.3 Å². The number of carbonyl (C=O) groups is 5. The molecule has 3 fully saturated rings. The van der Waals surface area contributed by atoms with Crippen LogP contribution in [-0.4, -0.2) is 114 Å². The van der Waals surface area contributed by atoms with Gasteiger partial charge in [-0.05, 0) is 26.8 Å². The number of thioether (sulfide) groups is 1. The largest absolute Gasteiger partial charge is 0.477 e. The molecule has 0 unspecified atom stereocenters. The van der Waals surface area contributed by atoms with Crippen molar-refractivity contribution in [3.63, 3.8) is 0 Å². The third kappa shape index (κ3) is 5.75. The van der Waals surface area contributed by atoms with Crippen LogP contribution in [0.25, 0.3) is 0 Å². The van der Waals surface area contributed by atoms with Crippen LogP contribution in [0.4, 0.5) is 8.78 Å². The van der Waals surface area contributed by atoms with Crippen molar-refractivity contribution in [3.05, 3.63) is 10.6 Å². The van der Waals surface area contributed by atoms with Gasteiger partial charge in [-0.2, -0.15) is 8.78 Å². The lowest BCUT2D eigenvalue weighted by molar-refractivity contribution is -0.159. The van der Waals surface area contributed by atoms with E-state index >= 15 is 0 Å². The smallest absolute Gasteiger partial charge is 0.353 e. The molecular weight excluding hydrogens is 538 g/mol. The molecule has 5 N–H and O–H groups in total. The Labute approximate surface area is 228 Å². The van der Waals surface area contributed by atoms with Gasteiger partial charge >= 0.3 is 12.4 Å². The first-order valence-corrected chi connectivity index (χ1v) is 13.8. The highest BCUT2D eigenvalue weighted by molar-refractivity contribution is 8.03. The summed E-state index contributed by atoms with van der Waals surface area (Å²) in [5, 5.41) is 20.9. The first kappa shape index (κ1) is 29.2. The van der Waals surface area contributed by atoms with Crippen molar-refractivity contribution in [3.8, 4) is 0 Å². The summed E-state index contributed by atoms with van der Waals surface area (Å²) < 4.78 is 25.4. The summed E-state index contributed by atoms with van der Waals surface area (Å²) in [7, 11) is 1.68. The molecule has 0 aromatic heterocycles. The highest BCUT2D eigenvalue weighted by Gasteiger charge is 2.60. The van der Waals surface area contributed by atoms with Crippen molar-refractivity contribution in [2.75, 3.05) is 33.2 Å². The van der Waals surface area contributed by atoms with Crippen LogP contribution < -0.4 is 21.3 Å². The summed E-state index contributed by atoms with van der Waals surface area (Å²) in [6.07, 6.45) is -2.09. The first-order chi connectivity index (χ1) is 18.4. The lowest BCUT2D eigenvalue weighted by atomic mass is 9.78. The van der Waals surface area contributed by atoms with Gasteiger partial charge < -0.3 is 36.2 Å². The molecule has 0 aromatic carbocycles. The SMILES string of the molecule is CNCC(=O)N[C@H]1CCN(C(=O)[C@@H]2C[C@H](SC3=C(C(=O)O)N4C(=O)[C@H]([C@@H](C)NC(=O)C(F)F)[C@@H]4[C@H]3C)CN2)C1. The van der Waals surface area contributed by atoms with E-state index in [-0.39, 0.29) is 41.3 Å². The number of hydrogen-bond acceptors (Lipinski definition) is 8. The zero-order valence-electron chi connectivity index (χ0n) is 21.9. The third-order valence-electron chi connectivity index (χ3n) is 7.78. The van der Waals surface area contributed by atoms with Crippen LogP contribution in [0, 0.1) is 11.8 Å². The fourth-order valence-corrected chi connectivity index (χ4v) is 7.45. The molecule has 15 heteroatoms. The molecule has 4 aliphatic rings. The molecule has 0 aliphatic carbocycles. The normalized spacial score (nSPS) is 30.9. The van der Waals surface area contributed by atoms with Gasteiger partial charge in [0.1, 0.15) is 5.70 Å². The number of aliphatic carboxylic acids is 1. The van der Waals surface area contributed by atoms with E-state index in [0.29, 0.717) is 37.4 Å². The summed E-state index contributed by atoms with van der Waals surface area (Å²) in [4.78, 5) is 64.9. The topological polar surface area (TPSA) is 160 Å². The van der Waals surface area contributed by atoms with Crippen LogP contribution in [0.5, 0.6) is 0 Å². The Bertz CT molecular complexity index is 1080. The monoisotopic (exact) mass is 572 g/mol. The Hall–Kier alpha value is -2.78. The quantitative estimate of drug-likeness (QED) is 0.205. The molecule has 4 amide bonds. The molecule has 0 aromatic rings. The van der Waals surface area contributed by atoms with Gasteiger partial charge in [0.2, 0.25) is 17.7 Å². The molecule has 4 aliphatic heterocycles. The second kappa shape index (κ2) is 11.8. The Morgan fingerprint density at radius 2 is 1.97 bits per heavy atom. The van der Waals surface area contributed by atoms with Crippen molar-refractivity contribution in [1.29, 1.82) is 0 Å². The number of likely N-dealkylation sites (N-methyl/N-ethyl adjacent to an activating group) is 1. The minimum atomic E-state index is -3.22. The highest BCUT2D eigenvalue weighted by Crippen LogP contribution is 2.51. The molecule has 0 spiro atoms. The van der Waals surface area contributed by atoms with E-state index in [1.54, 1.807) is 18.9 Å². The number of carboxylic acid groups (broad SMARTS) is 1. The Kier molecular flexibility index (Phi) is 8.81. The number of rotatable bonds is 10. The van der Waals surface area contributed by atoms with Crippen molar-refractivity contribution >= 4 is 41.4 Å². The molecule has 4 heterocycles. The number of halogens is 2. The summed E-state index contributed by atoms with van der Waals surface area (Å²) >= 11 is 1.32. The van der Waals surface area contributed by atoms with Crippen molar-refractivity contribution in [2.24, 2.45) is 11.8 Å². The third-order valence-corrected chi connectivity index (χ3v) is 9.29. The number of β-lactam (4-membered cyclic amide) rings is 1. The number of alkyl halides is 2. The van der Waals surface area contributed by atoms with Crippen LogP contribution in [0.1, 0.15) is 26.7 Å². The van der Waals surface area contributed by atoms with Crippen molar-refractivity contribution in [1.82, 2.24) is 31.1 Å². The predicted molar refractivity (Wildman–Crippen MR) is 136 cm³/mol. The number of amides is 4. The number of fused-ring (bicyclic) bond motifs is 1. The molecule has 7 atom stereocenters. The zero-order chi connectivity index (χ0) is 28.6. The van der Waals surface area contributed by atoms with Gasteiger partial charge in [-0.25, -0.2) is 4.79 Å². The van der Waals surface area contributed by atoms with Gasteiger partial charge in [-0.1, -0.05) is 6.92 Å². The summed E-state index contributed by atoms with van der Waals surface area (Å²) in [6.45, 7) is 4.87. The van der Waals surface area contributed by atoms with Crippen LogP contribution >= 0.6 is 11.8 Å². The molecule has 0 radical (unpaired) electrons. The number of carboxylic acids is 1. The van der Waals surface area contributed by atoms with Gasteiger partial charge in [0.05, 0.1) is 24.5 Å². The van der Waals surface area contributed by atoms with Gasteiger partial charge in [0.15, 0.2) is 0 Å². The number of nitrogens with zero attached hydrogens (tertiary/aromatic N) is 2. The van der Waals surface area contributed by atoms with Crippen molar-refractivity contribution in [2.45, 2.75) is 62.5 Å². The number of nitrogens with one attached hydrogen (secondary N) is 4. The zero-order valence-corrected chi connectivity index (χ0v) is 22.7. The van der Waals surface area contributed by atoms with E-state index in [1.165, 1.54) is 23.6 Å². The highest BCUT2D eigenvalue weighted by atomic mass is 32.2. The predicted octanol–water partition coefficient (Wildman–Crippen LogP) is -1.07. The number of carbonyl (C=O) groups excluding carboxylic acids is 4. The fourth-order valence-electron chi connectivity index (χ4n) is 5.97. The van der Waals surface area contributed by atoms with Crippen LogP contribution in [0.2, 0.25) is 0 Å². The molecule has 3 saturated heterocycles. The molecular formula is C24H34F2N6O6S. The molecule has 39 heavy (non-hydrogen) atoms. The minimum absolute atomic E-state index is 0.0713. The molecule has 0 bridgehead atoms. The van der Waals surface area contributed by atoms with Gasteiger partial charge in [0, 0.05) is 47.8 Å². The van der Waals surface area contributed by atoms with E-state index in [1.807, 2.05) is 0 Å². The van der Waals surface area contributed by atoms with Gasteiger partial charge in [-0.15, -0.1) is 11.8 Å². The lowest BCUT2D eigenvalue weighted by Crippen LogP contribution is -2.66. The van der Waals surface area contributed by atoms with E-state index in [0.717, 1.165) is 0 Å². The Morgan fingerprint density at radius 1 is 1.26 bits per heavy atom. The van der Waals surface area contributed by atoms with E-state index in [4.69, 9.17) is 0 Å². The maximum atomic E-state index is 13.1. The number of hydrogen-bond donors (Lipinski definition) is 5. The average Bonchev–Trinajstić information content (AvgIpc) is 3.57. The summed E-state index contributed by atoms with van der Waals surface area (Å²) in [6, 6.07) is -2.00. The van der Waals surface area contributed by atoms with Gasteiger partial charge in [-0.3, -0.25) is 19.2 Å². The van der Waals surface area contributed by atoms with Crippen molar-refractivity contribution < 1.29 is 37.9 Å². The number of likely N-dealkylation sites (tertiary alicyclic amines) is 1. The molecule has 0 saturated carbocycles. The van der Waals surface area contributed by atoms with E-state index in [2.05, 4.69) is 21.3 Å². The second-order valence-corrected chi connectivity index (χ2v) is 11.8. The standard InChI is InChI=1S/C24H34F2N6O6S/c1-10-17-16(11(2)29-21(34)20(25)26)23(36)32(17)18(24(37)38)19(10)39-13-6-14(28-7-13)22(35)31-5-4-12(9-31)30-15(33)8-27-3/h10-14,16-17,20,27-28H,4-9H2,1-3H3,(H,29,34)(H,30,33)(H,37,38)/t10-,11-,12+,13+,14+,16-,17+/m1/s1. The molecule has 12 nitrogen and oxygen atoms in total. The second-order valence-electron chi connectivity index (χ2n) is 10.4. The van der Waals surface area contributed by atoms with Crippen LogP contribution in [-0.2, 0) is 24.0 Å². The summed E-state index contributed by atoms with van der Waals surface area (Å²) in [5.74, 6) is -4.66. The van der Waals surface area contributed by atoms with Crippen LogP contribution in [0.3, 0.4) is 0 Å². The van der Waals surface area contributed by atoms with E-state index in [9.17, 15) is 37.9 Å². The average molecular weight is 573 g/mol. The molecule has 4 rings (SSSR count). The van der Waals surface area contributed by atoms with Crippen LogP contribution in [0.15, 0.2) is 10.6 Å². The maximum Gasteiger partial charge on any atom is 0.353 e. The lowest BCUT2D eigenvalue weighted by Gasteiger charge is -2.47.